The average Bonchev–Trinajstić information content (AvgIpc) is 3.38. The molecule has 186 valence electrons. The van der Waals surface area contributed by atoms with Crippen LogP contribution in [0.3, 0.4) is 0 Å². The summed E-state index contributed by atoms with van der Waals surface area (Å²) in [6.07, 6.45) is 5.08. The molecule has 0 atom stereocenters. The second-order valence-electron chi connectivity index (χ2n) is 9.29. The van der Waals surface area contributed by atoms with Gasteiger partial charge in [0.15, 0.2) is 0 Å². The van der Waals surface area contributed by atoms with Gasteiger partial charge >= 0.3 is 0 Å². The Balaban J connectivity index is 1.42. The summed E-state index contributed by atoms with van der Waals surface area (Å²) in [5.74, 6) is 0.567. The number of nitrogens with zero attached hydrogens (tertiary/aromatic N) is 3. The molecular formula is C26H36ClN3O3S. The Hall–Kier alpha value is -1.64. The molecule has 0 aliphatic carbocycles. The van der Waals surface area contributed by atoms with Gasteiger partial charge in [0.2, 0.25) is 10.0 Å². The monoisotopic (exact) mass is 505 g/mol. The number of rotatable bonds is 10. The topological polar surface area (TPSA) is 53.1 Å². The number of ether oxygens (including phenoxy) is 1. The molecule has 0 bridgehead atoms. The molecule has 6 nitrogen and oxygen atoms in total. The Morgan fingerprint density at radius 1 is 0.971 bits per heavy atom. The maximum absolute atomic E-state index is 13.8. The molecule has 2 aliphatic rings. The number of methoxy groups -OCH3 is 1. The fraction of sp³-hybridized carbons (Fsp3) is 0.538. The van der Waals surface area contributed by atoms with Gasteiger partial charge in [-0.3, -0.25) is 0 Å². The number of likely N-dealkylation sites (tertiary alicyclic amines) is 2. The smallest absolute Gasteiger partial charge is 0.243 e. The molecule has 4 rings (SSSR count). The first kappa shape index (κ1) is 25.5. The largest absolute Gasteiger partial charge is 0.497 e. The minimum atomic E-state index is -3.61. The molecule has 2 aromatic rings. The van der Waals surface area contributed by atoms with Gasteiger partial charge in [-0.1, -0.05) is 29.8 Å². The van der Waals surface area contributed by atoms with Crippen molar-refractivity contribution in [2.75, 3.05) is 52.9 Å². The second-order valence-corrected chi connectivity index (χ2v) is 11.6. The van der Waals surface area contributed by atoms with E-state index in [1.807, 2.05) is 12.1 Å². The third-order valence-corrected chi connectivity index (χ3v) is 9.28. The normalized spacial score (nSPS) is 18.6. The lowest BCUT2D eigenvalue weighted by molar-refractivity contribution is 0.153. The summed E-state index contributed by atoms with van der Waals surface area (Å²) >= 11 is 6.00. The Kier molecular flexibility index (Phi) is 8.88. The summed E-state index contributed by atoms with van der Waals surface area (Å²) in [5.41, 5.74) is 1.28. The van der Waals surface area contributed by atoms with Gasteiger partial charge in [-0.2, -0.15) is 4.31 Å². The summed E-state index contributed by atoms with van der Waals surface area (Å²) in [7, 11) is -2.04. The zero-order valence-corrected chi connectivity index (χ0v) is 21.6. The minimum Gasteiger partial charge on any atom is -0.497 e. The molecule has 0 unspecified atom stereocenters. The van der Waals surface area contributed by atoms with E-state index in [0.717, 1.165) is 63.6 Å². The summed E-state index contributed by atoms with van der Waals surface area (Å²) < 4.78 is 34.6. The van der Waals surface area contributed by atoms with Crippen LogP contribution in [0.1, 0.15) is 31.2 Å². The van der Waals surface area contributed by atoms with Crippen LogP contribution < -0.4 is 4.74 Å². The van der Waals surface area contributed by atoms with Crippen LogP contribution >= 0.6 is 11.6 Å². The molecular weight excluding hydrogens is 470 g/mol. The van der Waals surface area contributed by atoms with E-state index in [9.17, 15) is 8.42 Å². The van der Waals surface area contributed by atoms with Crippen molar-refractivity contribution in [3.05, 3.63) is 59.1 Å². The number of sulfonamides is 1. The summed E-state index contributed by atoms with van der Waals surface area (Å²) in [4.78, 5) is 5.15. The molecule has 0 N–H and O–H groups in total. The van der Waals surface area contributed by atoms with Gasteiger partial charge in [-0.05, 0) is 88.1 Å². The van der Waals surface area contributed by atoms with Crippen LogP contribution in [0.25, 0.3) is 0 Å². The quantitative estimate of drug-likeness (QED) is 0.485. The molecule has 0 spiro atoms. The van der Waals surface area contributed by atoms with E-state index in [0.29, 0.717) is 17.2 Å². The van der Waals surface area contributed by atoms with Crippen LogP contribution in [0.4, 0.5) is 0 Å². The first-order valence-corrected chi connectivity index (χ1v) is 14.1. The maximum atomic E-state index is 13.8. The van der Waals surface area contributed by atoms with E-state index in [4.69, 9.17) is 16.3 Å². The van der Waals surface area contributed by atoms with Crippen molar-refractivity contribution >= 4 is 21.6 Å². The SMILES string of the molecule is COc1cccc(S(=O)(=O)N(CCN2CCCC2)C2CCN(CCc3ccc(Cl)cc3)CC2)c1. The van der Waals surface area contributed by atoms with Gasteiger partial charge in [-0.25, -0.2) is 8.42 Å². The molecule has 0 amide bonds. The zero-order valence-electron chi connectivity index (χ0n) is 20.0. The molecule has 2 aromatic carbocycles. The fourth-order valence-corrected chi connectivity index (χ4v) is 6.85. The first-order valence-electron chi connectivity index (χ1n) is 12.3. The lowest BCUT2D eigenvalue weighted by Gasteiger charge is -2.38. The van der Waals surface area contributed by atoms with Crippen molar-refractivity contribution < 1.29 is 13.2 Å². The Labute approximate surface area is 209 Å². The highest BCUT2D eigenvalue weighted by atomic mass is 35.5. The molecule has 2 heterocycles. The third kappa shape index (κ3) is 6.52. The van der Waals surface area contributed by atoms with Gasteiger partial charge < -0.3 is 14.5 Å². The van der Waals surface area contributed by atoms with Gasteiger partial charge in [0, 0.05) is 36.8 Å². The summed E-state index contributed by atoms with van der Waals surface area (Å²) in [6, 6.07) is 14.9. The first-order chi connectivity index (χ1) is 16.5. The van der Waals surface area contributed by atoms with E-state index in [1.165, 1.54) is 18.4 Å². The van der Waals surface area contributed by atoms with Crippen molar-refractivity contribution in [1.82, 2.24) is 14.1 Å². The van der Waals surface area contributed by atoms with Crippen molar-refractivity contribution in [3.8, 4) is 5.75 Å². The zero-order chi connectivity index (χ0) is 24.0. The lowest BCUT2D eigenvalue weighted by Crippen LogP contribution is -2.49. The highest BCUT2D eigenvalue weighted by Crippen LogP contribution is 2.27. The van der Waals surface area contributed by atoms with E-state index in [2.05, 4.69) is 21.9 Å². The lowest BCUT2D eigenvalue weighted by atomic mass is 10.0. The fourth-order valence-electron chi connectivity index (χ4n) is 5.01. The van der Waals surface area contributed by atoms with Crippen LogP contribution in [0.2, 0.25) is 5.02 Å². The predicted molar refractivity (Wildman–Crippen MR) is 137 cm³/mol. The maximum Gasteiger partial charge on any atom is 0.243 e. The molecule has 0 radical (unpaired) electrons. The number of hydrogen-bond donors (Lipinski definition) is 0. The van der Waals surface area contributed by atoms with Crippen molar-refractivity contribution in [2.45, 2.75) is 43.0 Å². The highest BCUT2D eigenvalue weighted by Gasteiger charge is 2.34. The van der Waals surface area contributed by atoms with Crippen molar-refractivity contribution in [2.24, 2.45) is 0 Å². The molecule has 0 saturated carbocycles. The summed E-state index contributed by atoms with van der Waals surface area (Å²) in [5, 5.41) is 0.760. The Morgan fingerprint density at radius 2 is 1.65 bits per heavy atom. The average molecular weight is 506 g/mol. The van der Waals surface area contributed by atoms with Crippen molar-refractivity contribution in [1.29, 1.82) is 0 Å². The number of benzene rings is 2. The molecule has 0 aromatic heterocycles. The van der Waals surface area contributed by atoms with Crippen LogP contribution in [0.5, 0.6) is 5.75 Å². The van der Waals surface area contributed by atoms with Crippen LogP contribution in [0.15, 0.2) is 53.4 Å². The van der Waals surface area contributed by atoms with E-state index in [1.54, 1.807) is 35.7 Å². The third-order valence-electron chi connectivity index (χ3n) is 7.08. The van der Waals surface area contributed by atoms with E-state index in [-0.39, 0.29) is 6.04 Å². The number of hydrogen-bond acceptors (Lipinski definition) is 5. The highest BCUT2D eigenvalue weighted by molar-refractivity contribution is 7.89. The van der Waals surface area contributed by atoms with Gasteiger partial charge in [0.05, 0.1) is 12.0 Å². The molecule has 2 aliphatic heterocycles. The van der Waals surface area contributed by atoms with E-state index >= 15 is 0 Å². The van der Waals surface area contributed by atoms with Gasteiger partial charge in [-0.15, -0.1) is 0 Å². The minimum absolute atomic E-state index is 0.0191. The van der Waals surface area contributed by atoms with Crippen LogP contribution in [0, 0.1) is 0 Å². The number of halogens is 1. The predicted octanol–water partition coefficient (Wildman–Crippen LogP) is 4.14. The standard InChI is InChI=1S/C26H36ClN3O3S/c1-33-25-5-4-6-26(21-25)34(31,32)30(20-19-28-14-2-3-15-28)24-12-17-29(18-13-24)16-11-22-7-9-23(27)10-8-22/h4-10,21,24H,2-3,11-20H2,1H3. The Bertz CT molecular complexity index is 1020. The van der Waals surface area contributed by atoms with Crippen molar-refractivity contribution in [3.63, 3.8) is 0 Å². The molecule has 8 heteroatoms. The molecule has 34 heavy (non-hydrogen) atoms. The van der Waals surface area contributed by atoms with Crippen LogP contribution in [-0.2, 0) is 16.4 Å². The molecule has 2 fully saturated rings. The summed E-state index contributed by atoms with van der Waals surface area (Å²) in [6.45, 7) is 6.25. The Morgan fingerprint density at radius 3 is 2.32 bits per heavy atom. The van der Waals surface area contributed by atoms with E-state index < -0.39 is 10.0 Å². The van der Waals surface area contributed by atoms with Gasteiger partial charge in [0.1, 0.15) is 5.75 Å². The second kappa shape index (κ2) is 11.9. The van der Waals surface area contributed by atoms with Crippen LogP contribution in [-0.4, -0.2) is 81.5 Å². The molecule has 2 saturated heterocycles. The van der Waals surface area contributed by atoms with Gasteiger partial charge in [0.25, 0.3) is 0 Å². The number of piperidine rings is 1.